The van der Waals surface area contributed by atoms with Crippen LogP contribution < -0.4 is 4.74 Å². The first-order valence-corrected chi connectivity index (χ1v) is 11.9. The Kier molecular flexibility index (Phi) is 7.67. The zero-order valence-electron chi connectivity index (χ0n) is 19.0. The molecule has 1 aromatic carbocycles. The van der Waals surface area contributed by atoms with Crippen molar-refractivity contribution in [1.82, 2.24) is 0 Å². The maximum absolute atomic E-state index is 10.8. The van der Waals surface area contributed by atoms with Gasteiger partial charge in [0.25, 0.3) is 0 Å². The Morgan fingerprint density at radius 3 is 2.66 bits per heavy atom. The topological polar surface area (TPSA) is 49.7 Å². The summed E-state index contributed by atoms with van der Waals surface area (Å²) in [6.45, 7) is 9.52. The van der Waals surface area contributed by atoms with Crippen molar-refractivity contribution in [3.8, 4) is 5.75 Å². The van der Waals surface area contributed by atoms with Gasteiger partial charge < -0.3 is 14.9 Å². The monoisotopic (exact) mass is 402 g/mol. The van der Waals surface area contributed by atoms with Gasteiger partial charge in [0.05, 0.1) is 18.8 Å². The number of ether oxygens (including phenoxy) is 1. The molecule has 164 valence electrons. The van der Waals surface area contributed by atoms with E-state index in [-0.39, 0.29) is 17.6 Å². The molecule has 2 aliphatic carbocycles. The second-order valence-corrected chi connectivity index (χ2v) is 10.8. The van der Waals surface area contributed by atoms with Gasteiger partial charge in [-0.15, -0.1) is 0 Å². The summed E-state index contributed by atoms with van der Waals surface area (Å²) in [6, 6.07) is 6.48. The minimum absolute atomic E-state index is 0.145. The van der Waals surface area contributed by atoms with Crippen LogP contribution in [0.2, 0.25) is 0 Å². The summed E-state index contributed by atoms with van der Waals surface area (Å²) in [5.41, 5.74) is 2.91. The van der Waals surface area contributed by atoms with Crippen LogP contribution in [0.25, 0.3) is 0 Å². The van der Waals surface area contributed by atoms with Crippen molar-refractivity contribution in [1.29, 1.82) is 0 Å². The van der Waals surface area contributed by atoms with Gasteiger partial charge in [-0.2, -0.15) is 0 Å². The number of aliphatic hydroxyl groups excluding tert-OH is 2. The standard InChI is InChI=1S/C26H42O3/c1-5-6-7-10-20(27)12-13-21-22-14-18-9-8-11-25(29-17-26(2,3)4)23(18)15-19(22)16-24(21)28/h8-9,11,19-22,24,27-28H,5-7,10,12-17H2,1-4H3/t19-,20-,21+,22-,24+/m0/s1. The van der Waals surface area contributed by atoms with Gasteiger partial charge in [-0.3, -0.25) is 0 Å². The molecule has 0 heterocycles. The van der Waals surface area contributed by atoms with E-state index in [0.717, 1.165) is 57.3 Å². The molecule has 3 heteroatoms. The SMILES string of the molecule is CCCCC[C@H](O)CC[C@@H]1[C@H]2Cc3cccc(OCC(C)(C)C)c3C[C@H]2C[C@H]1O. The maximum Gasteiger partial charge on any atom is 0.122 e. The Bertz CT molecular complexity index is 648. The van der Waals surface area contributed by atoms with Gasteiger partial charge in [0.15, 0.2) is 0 Å². The van der Waals surface area contributed by atoms with Crippen molar-refractivity contribution in [2.75, 3.05) is 6.61 Å². The van der Waals surface area contributed by atoms with Crippen molar-refractivity contribution in [3.05, 3.63) is 29.3 Å². The van der Waals surface area contributed by atoms with Crippen LogP contribution in [0, 0.1) is 23.2 Å². The minimum Gasteiger partial charge on any atom is -0.493 e. The minimum atomic E-state index is -0.221. The number of unbranched alkanes of at least 4 members (excludes halogenated alkanes) is 2. The average Bonchev–Trinajstić information content (AvgIpc) is 2.96. The molecule has 0 aromatic heterocycles. The zero-order chi connectivity index (χ0) is 21.0. The van der Waals surface area contributed by atoms with E-state index in [1.807, 2.05) is 0 Å². The molecule has 1 fully saturated rings. The highest BCUT2D eigenvalue weighted by atomic mass is 16.5. The molecule has 2 N–H and O–H groups in total. The lowest BCUT2D eigenvalue weighted by molar-refractivity contribution is 0.0869. The summed E-state index contributed by atoms with van der Waals surface area (Å²) < 4.78 is 6.20. The first-order valence-electron chi connectivity index (χ1n) is 11.9. The van der Waals surface area contributed by atoms with Crippen LogP contribution in [-0.2, 0) is 12.8 Å². The Labute approximate surface area is 177 Å². The van der Waals surface area contributed by atoms with Crippen LogP contribution in [0.5, 0.6) is 5.75 Å². The largest absolute Gasteiger partial charge is 0.493 e. The summed E-state index contributed by atoms with van der Waals surface area (Å²) >= 11 is 0. The van der Waals surface area contributed by atoms with Gasteiger partial charge in [-0.25, -0.2) is 0 Å². The van der Waals surface area contributed by atoms with E-state index in [1.165, 1.54) is 24.0 Å². The van der Waals surface area contributed by atoms with Crippen LogP contribution in [-0.4, -0.2) is 29.0 Å². The highest BCUT2D eigenvalue weighted by Crippen LogP contribution is 2.48. The van der Waals surface area contributed by atoms with Gasteiger partial charge in [0.2, 0.25) is 0 Å². The van der Waals surface area contributed by atoms with Gasteiger partial charge in [-0.1, -0.05) is 59.1 Å². The molecule has 5 atom stereocenters. The first-order chi connectivity index (χ1) is 13.8. The molecule has 3 nitrogen and oxygen atoms in total. The molecule has 0 saturated heterocycles. The Morgan fingerprint density at radius 1 is 1.14 bits per heavy atom. The van der Waals surface area contributed by atoms with Crippen molar-refractivity contribution in [2.24, 2.45) is 23.2 Å². The third-order valence-electron chi connectivity index (χ3n) is 6.98. The zero-order valence-corrected chi connectivity index (χ0v) is 19.0. The molecule has 29 heavy (non-hydrogen) atoms. The van der Waals surface area contributed by atoms with Crippen LogP contribution in [0.1, 0.15) is 83.8 Å². The second-order valence-electron chi connectivity index (χ2n) is 10.8. The molecule has 0 unspecified atom stereocenters. The summed E-state index contributed by atoms with van der Waals surface area (Å²) in [5, 5.41) is 21.1. The van der Waals surface area contributed by atoms with Gasteiger partial charge >= 0.3 is 0 Å². The molecule has 1 saturated carbocycles. The fourth-order valence-electron chi connectivity index (χ4n) is 5.39. The number of hydrogen-bond donors (Lipinski definition) is 2. The highest BCUT2D eigenvalue weighted by Gasteiger charge is 2.44. The molecular formula is C26H42O3. The summed E-state index contributed by atoms with van der Waals surface area (Å²) in [6.07, 6.45) is 8.72. The van der Waals surface area contributed by atoms with Crippen molar-refractivity contribution in [2.45, 2.75) is 97.7 Å². The number of hydrogen-bond acceptors (Lipinski definition) is 3. The van der Waals surface area contributed by atoms with Gasteiger partial charge in [-0.05, 0) is 78.9 Å². The molecule has 0 aliphatic heterocycles. The van der Waals surface area contributed by atoms with Crippen molar-refractivity contribution < 1.29 is 14.9 Å². The molecule has 1 aromatic rings. The predicted octanol–water partition coefficient (Wildman–Crippen LogP) is 5.54. The lowest BCUT2D eigenvalue weighted by Gasteiger charge is -2.33. The van der Waals surface area contributed by atoms with Crippen molar-refractivity contribution >= 4 is 0 Å². The number of aliphatic hydroxyl groups is 2. The smallest absolute Gasteiger partial charge is 0.122 e. The number of rotatable bonds is 9. The lowest BCUT2D eigenvalue weighted by atomic mass is 9.73. The van der Waals surface area contributed by atoms with Crippen LogP contribution >= 0.6 is 0 Å². The van der Waals surface area contributed by atoms with E-state index in [0.29, 0.717) is 17.8 Å². The van der Waals surface area contributed by atoms with Crippen LogP contribution in [0.3, 0.4) is 0 Å². The van der Waals surface area contributed by atoms with E-state index in [1.54, 1.807) is 0 Å². The summed E-state index contributed by atoms with van der Waals surface area (Å²) in [4.78, 5) is 0. The highest BCUT2D eigenvalue weighted by molar-refractivity contribution is 5.43. The third kappa shape index (κ3) is 5.98. The van der Waals surface area contributed by atoms with E-state index >= 15 is 0 Å². The molecular weight excluding hydrogens is 360 g/mol. The van der Waals surface area contributed by atoms with E-state index in [2.05, 4.69) is 45.9 Å². The molecule has 0 radical (unpaired) electrons. The van der Waals surface area contributed by atoms with E-state index < -0.39 is 0 Å². The number of fused-ring (bicyclic) bond motifs is 2. The quantitative estimate of drug-likeness (QED) is 0.533. The summed E-state index contributed by atoms with van der Waals surface area (Å²) in [7, 11) is 0. The van der Waals surface area contributed by atoms with Crippen LogP contribution in [0.4, 0.5) is 0 Å². The fraction of sp³-hybridized carbons (Fsp3) is 0.769. The van der Waals surface area contributed by atoms with E-state index in [9.17, 15) is 10.2 Å². The second kappa shape index (κ2) is 9.83. The maximum atomic E-state index is 10.8. The van der Waals surface area contributed by atoms with Gasteiger partial charge in [0, 0.05) is 0 Å². The Balaban J connectivity index is 1.63. The molecule has 2 aliphatic rings. The average molecular weight is 403 g/mol. The molecule has 0 amide bonds. The van der Waals surface area contributed by atoms with E-state index in [4.69, 9.17) is 4.74 Å². The normalized spacial score (nSPS) is 27.4. The number of benzene rings is 1. The Morgan fingerprint density at radius 2 is 1.93 bits per heavy atom. The molecule has 0 spiro atoms. The predicted molar refractivity (Wildman–Crippen MR) is 119 cm³/mol. The van der Waals surface area contributed by atoms with Crippen LogP contribution in [0.15, 0.2) is 18.2 Å². The first kappa shape index (κ1) is 22.6. The lowest BCUT2D eigenvalue weighted by Crippen LogP contribution is -2.28. The van der Waals surface area contributed by atoms with Gasteiger partial charge in [0.1, 0.15) is 5.75 Å². The fourth-order valence-corrected chi connectivity index (χ4v) is 5.39. The summed E-state index contributed by atoms with van der Waals surface area (Å²) in [5.74, 6) is 2.45. The Hall–Kier alpha value is -1.06. The molecule has 3 rings (SSSR count). The third-order valence-corrected chi connectivity index (χ3v) is 6.98. The molecule has 0 bridgehead atoms. The van der Waals surface area contributed by atoms with Crippen molar-refractivity contribution in [3.63, 3.8) is 0 Å².